The zero-order valence-electron chi connectivity index (χ0n) is 17.8. The van der Waals surface area contributed by atoms with Gasteiger partial charge in [-0.1, -0.05) is 0 Å². The molecule has 0 saturated carbocycles. The summed E-state index contributed by atoms with van der Waals surface area (Å²) in [6.45, 7) is -3.39. The van der Waals surface area contributed by atoms with E-state index in [2.05, 4.69) is 0 Å². The van der Waals surface area contributed by atoms with Crippen LogP contribution in [-0.4, -0.2) is 168 Å². The minimum atomic E-state index is -2.36. The van der Waals surface area contributed by atoms with Gasteiger partial charge in [0.1, 0.15) is 73.8 Å². The Hall–Kier alpha value is -0.640. The molecule has 34 heavy (non-hydrogen) atoms. The van der Waals surface area contributed by atoms with Crippen LogP contribution in [0.4, 0.5) is 0 Å². The van der Waals surface area contributed by atoms with Crippen molar-refractivity contribution in [3.63, 3.8) is 0 Å². The fourth-order valence-electron chi connectivity index (χ4n) is 4.12. The van der Waals surface area contributed by atoms with Gasteiger partial charge in [0.2, 0.25) is 5.79 Å². The summed E-state index contributed by atoms with van der Waals surface area (Å²) < 4.78 is 26.6. The van der Waals surface area contributed by atoms with E-state index in [-0.39, 0.29) is 0 Å². The van der Waals surface area contributed by atoms with Crippen molar-refractivity contribution in [3.8, 4) is 0 Å². The SMILES string of the molecule is OC[C@H]1O[C@@H](O[C@H]2[C@H](O)[C@@H](O)[C@@H](O[C@@]3(CO)O[C@H](CO)[C@@H](O)[C@@H]3O)O[C@@H]2CO)[C@H](O)[C@@H](O)[C@H]1O. The van der Waals surface area contributed by atoms with Gasteiger partial charge < -0.3 is 79.9 Å². The minimum absolute atomic E-state index is 0.742. The van der Waals surface area contributed by atoms with E-state index in [1.165, 1.54) is 0 Å². The maximum atomic E-state index is 10.6. The van der Waals surface area contributed by atoms with Gasteiger partial charge in [-0.25, -0.2) is 0 Å². The largest absolute Gasteiger partial charge is 0.394 e. The first-order valence-electron chi connectivity index (χ1n) is 10.6. The third-order valence-corrected chi connectivity index (χ3v) is 6.18. The van der Waals surface area contributed by atoms with Gasteiger partial charge in [0.25, 0.3) is 0 Å². The monoisotopic (exact) mass is 504 g/mol. The second-order valence-electron chi connectivity index (χ2n) is 8.37. The van der Waals surface area contributed by atoms with Gasteiger partial charge in [0, 0.05) is 0 Å². The lowest BCUT2D eigenvalue weighted by molar-refractivity contribution is -0.398. The Kier molecular flexibility index (Phi) is 9.18. The molecule has 0 aromatic rings. The molecular weight excluding hydrogens is 472 g/mol. The Morgan fingerprint density at radius 3 is 1.68 bits per heavy atom. The number of hydrogen-bond donors (Lipinski definition) is 11. The molecule has 3 fully saturated rings. The van der Waals surface area contributed by atoms with Crippen molar-refractivity contribution in [1.82, 2.24) is 0 Å². The maximum Gasteiger partial charge on any atom is 0.224 e. The van der Waals surface area contributed by atoms with Gasteiger partial charge >= 0.3 is 0 Å². The van der Waals surface area contributed by atoms with Crippen molar-refractivity contribution in [2.45, 2.75) is 85.5 Å². The summed E-state index contributed by atoms with van der Waals surface area (Å²) in [5.74, 6) is -2.36. The fraction of sp³-hybridized carbons (Fsp3) is 1.00. The molecule has 14 atom stereocenters. The van der Waals surface area contributed by atoms with Crippen molar-refractivity contribution in [1.29, 1.82) is 0 Å². The maximum absolute atomic E-state index is 10.6. The summed E-state index contributed by atoms with van der Waals surface area (Å²) in [6, 6.07) is 0. The molecule has 0 aromatic heterocycles. The minimum Gasteiger partial charge on any atom is -0.394 e. The summed E-state index contributed by atoms with van der Waals surface area (Å²) in [7, 11) is 0. The molecule has 16 nitrogen and oxygen atoms in total. The molecule has 0 aromatic carbocycles. The van der Waals surface area contributed by atoms with E-state index < -0.39 is 112 Å². The van der Waals surface area contributed by atoms with Crippen molar-refractivity contribution in [2.24, 2.45) is 0 Å². The van der Waals surface area contributed by atoms with Gasteiger partial charge in [-0.15, -0.1) is 0 Å². The predicted octanol–water partition coefficient (Wildman–Crippen LogP) is -7.57. The third kappa shape index (κ3) is 4.96. The number of ether oxygens (including phenoxy) is 5. The molecule has 3 heterocycles. The molecule has 11 N–H and O–H groups in total. The summed E-state index contributed by atoms with van der Waals surface area (Å²) in [5, 5.41) is 109. The smallest absolute Gasteiger partial charge is 0.224 e. The number of aliphatic hydroxyl groups is 11. The molecule has 0 radical (unpaired) electrons. The van der Waals surface area contributed by atoms with Gasteiger partial charge in [0.05, 0.1) is 19.8 Å². The van der Waals surface area contributed by atoms with Crippen LogP contribution in [0.5, 0.6) is 0 Å². The highest BCUT2D eigenvalue weighted by atomic mass is 16.8. The fourth-order valence-corrected chi connectivity index (χ4v) is 4.12. The van der Waals surface area contributed by atoms with Gasteiger partial charge in [0.15, 0.2) is 12.6 Å². The van der Waals surface area contributed by atoms with E-state index >= 15 is 0 Å². The number of rotatable bonds is 8. The highest BCUT2D eigenvalue weighted by Crippen LogP contribution is 2.37. The number of hydrogen-bond acceptors (Lipinski definition) is 16. The van der Waals surface area contributed by atoms with E-state index in [1.54, 1.807) is 0 Å². The van der Waals surface area contributed by atoms with Crippen molar-refractivity contribution in [2.75, 3.05) is 26.4 Å². The van der Waals surface area contributed by atoms with E-state index in [1.807, 2.05) is 0 Å². The molecule has 3 aliphatic heterocycles. The van der Waals surface area contributed by atoms with Crippen LogP contribution in [0.25, 0.3) is 0 Å². The Morgan fingerprint density at radius 2 is 1.15 bits per heavy atom. The topological polar surface area (TPSA) is 269 Å². The van der Waals surface area contributed by atoms with E-state index in [0.717, 1.165) is 0 Å². The normalized spacial score (nSPS) is 52.1. The first-order chi connectivity index (χ1) is 16.0. The zero-order chi connectivity index (χ0) is 25.4. The second-order valence-corrected chi connectivity index (χ2v) is 8.37. The second kappa shape index (κ2) is 11.2. The summed E-state index contributed by atoms with van der Waals surface area (Å²) >= 11 is 0. The molecule has 200 valence electrons. The van der Waals surface area contributed by atoms with Gasteiger partial charge in [-0.3, -0.25) is 0 Å². The average Bonchev–Trinajstić information content (AvgIpc) is 3.08. The Balaban J connectivity index is 1.74. The first kappa shape index (κ1) is 27.9. The third-order valence-electron chi connectivity index (χ3n) is 6.18. The molecule has 0 aliphatic carbocycles. The highest BCUT2D eigenvalue weighted by Gasteiger charge is 2.59. The zero-order valence-corrected chi connectivity index (χ0v) is 17.8. The van der Waals surface area contributed by atoms with Crippen molar-refractivity contribution in [3.05, 3.63) is 0 Å². The lowest BCUT2D eigenvalue weighted by atomic mass is 9.97. The molecule has 3 aliphatic rings. The molecule has 3 saturated heterocycles. The van der Waals surface area contributed by atoms with E-state index in [9.17, 15) is 56.2 Å². The van der Waals surface area contributed by atoms with Crippen LogP contribution in [0.15, 0.2) is 0 Å². The van der Waals surface area contributed by atoms with Crippen molar-refractivity contribution >= 4 is 0 Å². The van der Waals surface area contributed by atoms with Crippen LogP contribution in [0.1, 0.15) is 0 Å². The molecule has 0 spiro atoms. The van der Waals surface area contributed by atoms with E-state index in [0.29, 0.717) is 0 Å². The summed E-state index contributed by atoms with van der Waals surface area (Å²) in [6.07, 6.45) is -22.0. The van der Waals surface area contributed by atoms with Crippen LogP contribution in [0, 0.1) is 0 Å². The Bertz CT molecular complexity index is 651. The van der Waals surface area contributed by atoms with Gasteiger partial charge in [-0.2, -0.15) is 0 Å². The van der Waals surface area contributed by atoms with Crippen LogP contribution in [-0.2, 0) is 23.7 Å². The molecule has 0 bridgehead atoms. The van der Waals surface area contributed by atoms with Crippen molar-refractivity contribution < 1.29 is 79.9 Å². The molecule has 0 amide bonds. The predicted molar refractivity (Wildman–Crippen MR) is 101 cm³/mol. The highest BCUT2D eigenvalue weighted by molar-refractivity contribution is 4.99. The molecular formula is C18H32O16. The summed E-state index contributed by atoms with van der Waals surface area (Å²) in [4.78, 5) is 0. The quantitative estimate of drug-likeness (QED) is 0.146. The lowest BCUT2D eigenvalue weighted by Gasteiger charge is -2.47. The molecule has 16 heteroatoms. The molecule has 0 unspecified atom stereocenters. The van der Waals surface area contributed by atoms with Crippen LogP contribution in [0.2, 0.25) is 0 Å². The first-order valence-corrected chi connectivity index (χ1v) is 10.6. The number of aliphatic hydroxyl groups excluding tert-OH is 11. The lowest BCUT2D eigenvalue weighted by Crippen LogP contribution is -2.66. The average molecular weight is 504 g/mol. The Labute approximate surface area is 192 Å². The Morgan fingerprint density at radius 1 is 0.588 bits per heavy atom. The van der Waals surface area contributed by atoms with Crippen LogP contribution >= 0.6 is 0 Å². The summed E-state index contributed by atoms with van der Waals surface area (Å²) in [5.41, 5.74) is 0. The van der Waals surface area contributed by atoms with E-state index in [4.69, 9.17) is 23.7 Å². The standard InChI is InChI=1S/C18H32O16/c19-1-5-8(23)10(25)12(27)16(30-5)32-14-7(3-21)31-17(13(28)11(14)26)34-18(4-22)15(29)9(24)6(2-20)33-18/h5-17,19-29H,1-4H2/t5-,6-,7-,8+,9-,10+,11-,12-,13-,14-,15+,16+,17-,18-/m1/s1. The molecule has 3 rings (SSSR count). The van der Waals surface area contributed by atoms with Crippen LogP contribution in [0.3, 0.4) is 0 Å². The van der Waals surface area contributed by atoms with Crippen LogP contribution < -0.4 is 0 Å². The van der Waals surface area contributed by atoms with Gasteiger partial charge in [-0.05, 0) is 0 Å².